The Morgan fingerprint density at radius 1 is 0.889 bits per heavy atom. The number of imidazole rings is 1. The number of hydrogen-bond donors (Lipinski definition) is 3. The molecule has 4 aliphatic rings. The summed E-state index contributed by atoms with van der Waals surface area (Å²) < 4.78 is 3.11. The molecule has 15 heteroatoms. The molecule has 0 radical (unpaired) electrons. The Balaban J connectivity index is 0.827. The molecule has 2 bridgehead atoms. The van der Waals surface area contributed by atoms with Crippen LogP contribution in [0.25, 0.3) is 22.3 Å². The number of phenols is 1. The van der Waals surface area contributed by atoms with Crippen LogP contribution in [0, 0.1) is 0 Å². The summed E-state index contributed by atoms with van der Waals surface area (Å²) >= 11 is 0. The van der Waals surface area contributed by atoms with Crippen molar-refractivity contribution >= 4 is 40.3 Å². The van der Waals surface area contributed by atoms with Crippen molar-refractivity contribution in [2.75, 3.05) is 41.7 Å². The zero-order valence-corrected chi connectivity index (χ0v) is 30.1. The van der Waals surface area contributed by atoms with Crippen molar-refractivity contribution in [3.63, 3.8) is 0 Å². The van der Waals surface area contributed by atoms with Gasteiger partial charge in [0.2, 0.25) is 17.8 Å². The molecule has 2 aromatic carbocycles. The monoisotopic (exact) mass is 729 g/mol. The van der Waals surface area contributed by atoms with Gasteiger partial charge in [0, 0.05) is 63.1 Å². The van der Waals surface area contributed by atoms with E-state index in [1.54, 1.807) is 23.7 Å². The molecule has 3 aromatic heterocycles. The molecule has 4 N–H and O–H groups in total. The number of piperazine rings is 1. The SMILES string of the molecule is Cn1c(=O)n(C2CCC(=O)NC2=O)c2ccc(CN3CCC(c4cnc(N5C6CCC5CN(c5cc(-c7ccccc7O)nnc5N)C6)nc4)CC3)cc21. The van der Waals surface area contributed by atoms with Gasteiger partial charge in [-0.15, -0.1) is 10.2 Å². The standard InChI is InChI=1S/C39H43N11O4/c1-46-32-16-23(6-9-30(32)50(39(46)54)31-10-11-35(52)43-37(31)53)20-47-14-12-24(13-15-47)25-18-41-38(42-19-25)49-26-7-8-27(49)22-48(21-26)33-17-29(44-45-36(33)40)28-4-2-3-5-34(28)51/h2-6,9,16-19,24,26-27,31,51H,7-8,10-15,20-22H2,1H3,(H2,40,45)(H,43,52,53). The Morgan fingerprint density at radius 2 is 1.63 bits per heavy atom. The van der Waals surface area contributed by atoms with E-state index in [1.165, 1.54) is 10.1 Å². The second kappa shape index (κ2) is 13.5. The minimum absolute atomic E-state index is 0.157. The number of carbonyl (C=O) groups excluding carboxylic acids is 2. The Morgan fingerprint density at radius 3 is 2.35 bits per heavy atom. The number of phenolic OH excluding ortho intramolecular Hbond substituents is 1. The van der Waals surface area contributed by atoms with Crippen LogP contribution in [0.1, 0.15) is 61.6 Å². The normalized spacial score (nSPS) is 22.3. The molecule has 4 saturated heterocycles. The van der Waals surface area contributed by atoms with E-state index in [9.17, 15) is 19.5 Å². The molecule has 5 aromatic rings. The summed E-state index contributed by atoms with van der Waals surface area (Å²) in [5.74, 6) is 0.967. The fourth-order valence-electron chi connectivity index (χ4n) is 8.99. The maximum absolute atomic E-state index is 13.2. The Bertz CT molecular complexity index is 2300. The number of piperidine rings is 2. The maximum atomic E-state index is 13.2. The number of imide groups is 1. The number of rotatable bonds is 7. The number of aromatic nitrogens is 6. The number of benzene rings is 2. The molecule has 2 amide bonds. The zero-order valence-electron chi connectivity index (χ0n) is 30.1. The third-order valence-electron chi connectivity index (χ3n) is 11.8. The van der Waals surface area contributed by atoms with Crippen molar-refractivity contribution in [2.45, 2.75) is 69.1 Å². The summed E-state index contributed by atoms with van der Waals surface area (Å²) in [6, 6.07) is 14.8. The van der Waals surface area contributed by atoms with Crippen LogP contribution in [-0.4, -0.2) is 89.4 Å². The number of nitrogen functional groups attached to an aromatic ring is 1. The molecular formula is C39H43N11O4. The molecule has 0 spiro atoms. The van der Waals surface area contributed by atoms with Crippen LogP contribution in [0.2, 0.25) is 0 Å². The van der Waals surface area contributed by atoms with Gasteiger partial charge in [0.05, 0.1) is 22.4 Å². The van der Waals surface area contributed by atoms with Gasteiger partial charge in [0.15, 0.2) is 5.82 Å². The number of hydrogen-bond acceptors (Lipinski definition) is 12. The summed E-state index contributed by atoms with van der Waals surface area (Å²) in [6.45, 7) is 4.18. The largest absolute Gasteiger partial charge is 0.507 e. The number of nitrogens with one attached hydrogen (secondary N) is 1. The van der Waals surface area contributed by atoms with E-state index in [-0.39, 0.29) is 35.9 Å². The van der Waals surface area contributed by atoms with Gasteiger partial charge < -0.3 is 20.6 Å². The molecule has 278 valence electrons. The van der Waals surface area contributed by atoms with Gasteiger partial charge in [-0.1, -0.05) is 18.2 Å². The van der Waals surface area contributed by atoms with Crippen LogP contribution >= 0.6 is 0 Å². The van der Waals surface area contributed by atoms with E-state index in [2.05, 4.69) is 30.2 Å². The molecule has 15 nitrogen and oxygen atoms in total. The molecule has 3 atom stereocenters. The van der Waals surface area contributed by atoms with Gasteiger partial charge in [-0.3, -0.25) is 28.9 Å². The lowest BCUT2D eigenvalue weighted by Crippen LogP contribution is -2.54. The van der Waals surface area contributed by atoms with E-state index in [0.717, 1.165) is 81.1 Å². The minimum Gasteiger partial charge on any atom is -0.507 e. The molecular weight excluding hydrogens is 687 g/mol. The van der Waals surface area contributed by atoms with Crippen LogP contribution < -0.4 is 26.5 Å². The van der Waals surface area contributed by atoms with E-state index >= 15 is 0 Å². The predicted molar refractivity (Wildman–Crippen MR) is 203 cm³/mol. The van der Waals surface area contributed by atoms with E-state index in [4.69, 9.17) is 15.7 Å². The van der Waals surface area contributed by atoms with E-state index < -0.39 is 11.9 Å². The van der Waals surface area contributed by atoms with Gasteiger partial charge in [-0.2, -0.15) is 0 Å². The Labute approximate surface area is 311 Å². The first-order chi connectivity index (χ1) is 26.2. The average Bonchev–Trinajstić information content (AvgIpc) is 3.59. The number of likely N-dealkylation sites (tertiary alicyclic amines) is 1. The third-order valence-corrected chi connectivity index (χ3v) is 11.8. The van der Waals surface area contributed by atoms with Crippen LogP contribution in [0.4, 0.5) is 17.5 Å². The molecule has 4 fully saturated rings. The molecule has 9 rings (SSSR count). The smallest absolute Gasteiger partial charge is 0.329 e. The second-order valence-corrected chi connectivity index (χ2v) is 15.1. The highest BCUT2D eigenvalue weighted by molar-refractivity contribution is 6.00. The van der Waals surface area contributed by atoms with E-state index in [0.29, 0.717) is 34.9 Å². The van der Waals surface area contributed by atoms with Gasteiger partial charge in [0.1, 0.15) is 11.8 Å². The number of aryl methyl sites for hydroxylation is 1. The first-order valence-electron chi connectivity index (χ1n) is 18.7. The van der Waals surface area contributed by atoms with Gasteiger partial charge >= 0.3 is 5.69 Å². The summed E-state index contributed by atoms with van der Waals surface area (Å²) in [5, 5.41) is 21.3. The molecule has 3 unspecified atom stereocenters. The molecule has 0 saturated carbocycles. The summed E-state index contributed by atoms with van der Waals surface area (Å²) in [6.07, 6.45) is 8.66. The van der Waals surface area contributed by atoms with Gasteiger partial charge in [-0.25, -0.2) is 14.8 Å². The fourth-order valence-corrected chi connectivity index (χ4v) is 8.99. The van der Waals surface area contributed by atoms with Crippen molar-refractivity contribution in [1.82, 2.24) is 39.5 Å². The van der Waals surface area contributed by atoms with Gasteiger partial charge in [0.25, 0.3) is 0 Å². The lowest BCUT2D eigenvalue weighted by atomic mass is 9.91. The highest BCUT2D eigenvalue weighted by Gasteiger charge is 2.42. The van der Waals surface area contributed by atoms with Crippen LogP contribution in [0.15, 0.2) is 65.7 Å². The summed E-state index contributed by atoms with van der Waals surface area (Å²) in [4.78, 5) is 54.4. The number of carbonyl (C=O) groups is 2. The number of amides is 2. The quantitative estimate of drug-likeness (QED) is 0.209. The predicted octanol–water partition coefficient (Wildman–Crippen LogP) is 3.09. The first kappa shape index (κ1) is 34.0. The number of nitrogens with two attached hydrogens (primary N) is 1. The molecule has 4 aliphatic heterocycles. The van der Waals surface area contributed by atoms with E-state index in [1.807, 2.05) is 48.8 Å². The molecule has 0 aliphatic carbocycles. The first-order valence-corrected chi connectivity index (χ1v) is 18.7. The highest BCUT2D eigenvalue weighted by atomic mass is 16.3. The summed E-state index contributed by atoms with van der Waals surface area (Å²) in [5.41, 5.74) is 11.9. The lowest BCUT2D eigenvalue weighted by Gasteiger charge is -2.42. The highest BCUT2D eigenvalue weighted by Crippen LogP contribution is 2.38. The Hall–Kier alpha value is -5.83. The number of para-hydroxylation sites is 1. The second-order valence-electron chi connectivity index (χ2n) is 15.1. The molecule has 7 heterocycles. The summed E-state index contributed by atoms with van der Waals surface area (Å²) in [7, 11) is 1.73. The number of aromatic hydroxyl groups is 1. The Kier molecular flexibility index (Phi) is 8.52. The van der Waals surface area contributed by atoms with Crippen molar-refractivity contribution in [3.05, 3.63) is 82.5 Å². The van der Waals surface area contributed by atoms with Crippen molar-refractivity contribution in [1.29, 1.82) is 0 Å². The maximum Gasteiger partial charge on any atom is 0.329 e. The fraction of sp³-hybridized carbons (Fsp3) is 0.410. The topological polar surface area (TPSA) is 181 Å². The van der Waals surface area contributed by atoms with Crippen LogP contribution in [-0.2, 0) is 23.2 Å². The minimum atomic E-state index is -0.691. The third kappa shape index (κ3) is 6.01. The van der Waals surface area contributed by atoms with Crippen molar-refractivity contribution in [2.24, 2.45) is 7.05 Å². The van der Waals surface area contributed by atoms with Crippen LogP contribution in [0.3, 0.4) is 0 Å². The zero-order chi connectivity index (χ0) is 37.1. The number of nitrogens with zero attached hydrogens (tertiary/aromatic N) is 9. The molecule has 54 heavy (non-hydrogen) atoms. The van der Waals surface area contributed by atoms with Crippen molar-refractivity contribution < 1.29 is 14.7 Å². The van der Waals surface area contributed by atoms with Crippen LogP contribution in [0.5, 0.6) is 5.75 Å². The lowest BCUT2D eigenvalue weighted by molar-refractivity contribution is -0.135. The number of anilines is 3. The van der Waals surface area contributed by atoms with Crippen molar-refractivity contribution in [3.8, 4) is 17.0 Å². The number of fused-ring (bicyclic) bond motifs is 3. The van der Waals surface area contributed by atoms with Gasteiger partial charge in [-0.05, 0) is 92.6 Å². The average molecular weight is 730 g/mol.